The maximum Gasteiger partial charge on any atom is 0.334 e. The van der Waals surface area contributed by atoms with Crippen molar-refractivity contribution in [3.8, 4) is 0 Å². The zero-order chi connectivity index (χ0) is 23.3. The minimum absolute atomic E-state index is 0.0679. The van der Waals surface area contributed by atoms with Crippen LogP contribution in [0.2, 0.25) is 0 Å². The van der Waals surface area contributed by atoms with Gasteiger partial charge in [-0.3, -0.25) is 9.59 Å². The molecule has 0 spiro atoms. The predicted octanol–water partition coefficient (Wildman–Crippen LogP) is -0.127. The van der Waals surface area contributed by atoms with Crippen LogP contribution in [0.3, 0.4) is 0 Å². The molecule has 0 unspecified atom stereocenters. The summed E-state index contributed by atoms with van der Waals surface area (Å²) >= 11 is 0. The van der Waals surface area contributed by atoms with Crippen LogP contribution in [0, 0.1) is 5.92 Å². The molecule has 2 N–H and O–H groups in total. The number of esters is 3. The molecular formula is C21H24O10. The number of aliphatic hydroxyl groups excluding tert-OH is 1. The normalized spacial score (nSPS) is 36.8. The third-order valence-corrected chi connectivity index (χ3v) is 5.71. The molecular weight excluding hydrogens is 412 g/mol. The van der Waals surface area contributed by atoms with E-state index >= 15 is 0 Å². The van der Waals surface area contributed by atoms with Gasteiger partial charge in [-0.05, 0) is 13.8 Å². The van der Waals surface area contributed by atoms with Crippen LogP contribution in [-0.4, -0.2) is 70.0 Å². The maximum atomic E-state index is 12.8. The van der Waals surface area contributed by atoms with Crippen molar-refractivity contribution in [1.82, 2.24) is 0 Å². The number of aliphatic hydroxyl groups is 2. The fourth-order valence-corrected chi connectivity index (χ4v) is 4.03. The van der Waals surface area contributed by atoms with Gasteiger partial charge in [0.25, 0.3) is 0 Å². The number of carbonyl (C=O) groups is 4. The topological polar surface area (TPSA) is 146 Å². The Kier molecular flexibility index (Phi) is 5.57. The second-order valence-corrected chi connectivity index (χ2v) is 8.17. The van der Waals surface area contributed by atoms with Gasteiger partial charge in [-0.1, -0.05) is 13.2 Å². The van der Waals surface area contributed by atoms with Gasteiger partial charge in [-0.25, -0.2) is 9.59 Å². The number of hydrogen-bond donors (Lipinski definition) is 2. The summed E-state index contributed by atoms with van der Waals surface area (Å²) in [5.74, 6) is -4.53. The van der Waals surface area contributed by atoms with E-state index in [9.17, 15) is 29.4 Å². The monoisotopic (exact) mass is 436 g/mol. The lowest BCUT2D eigenvalue weighted by Gasteiger charge is -2.38. The molecule has 0 aromatic heterocycles. The highest BCUT2D eigenvalue weighted by molar-refractivity contribution is 6.00. The summed E-state index contributed by atoms with van der Waals surface area (Å²) < 4.78 is 21.9. The second-order valence-electron chi connectivity index (χ2n) is 8.17. The van der Waals surface area contributed by atoms with E-state index in [1.807, 2.05) is 0 Å². The van der Waals surface area contributed by atoms with Gasteiger partial charge in [0, 0.05) is 30.6 Å². The Bertz CT molecular complexity index is 917. The van der Waals surface area contributed by atoms with Gasteiger partial charge >= 0.3 is 17.9 Å². The Morgan fingerprint density at radius 1 is 1.29 bits per heavy atom. The van der Waals surface area contributed by atoms with E-state index in [2.05, 4.69) is 13.2 Å². The number of fused-ring (bicyclic) bond motifs is 3. The summed E-state index contributed by atoms with van der Waals surface area (Å²) in [7, 11) is 0. The lowest BCUT2D eigenvalue weighted by molar-refractivity contribution is -0.194. The van der Waals surface area contributed by atoms with Crippen molar-refractivity contribution in [3.05, 3.63) is 36.1 Å². The highest BCUT2D eigenvalue weighted by Crippen LogP contribution is 2.47. The van der Waals surface area contributed by atoms with Crippen LogP contribution in [0.1, 0.15) is 27.2 Å². The summed E-state index contributed by atoms with van der Waals surface area (Å²) in [6, 6.07) is 0. The van der Waals surface area contributed by atoms with Crippen molar-refractivity contribution in [1.29, 1.82) is 0 Å². The van der Waals surface area contributed by atoms with Crippen LogP contribution in [0.4, 0.5) is 0 Å². The molecule has 2 saturated heterocycles. The van der Waals surface area contributed by atoms with Crippen LogP contribution in [0.15, 0.2) is 36.1 Å². The molecule has 2 fully saturated rings. The van der Waals surface area contributed by atoms with Crippen LogP contribution in [-0.2, 0) is 38.1 Å². The van der Waals surface area contributed by atoms with E-state index in [4.69, 9.17) is 18.9 Å². The number of rotatable bonds is 4. The van der Waals surface area contributed by atoms with E-state index in [-0.39, 0.29) is 23.3 Å². The molecule has 0 radical (unpaired) electrons. The van der Waals surface area contributed by atoms with Crippen molar-refractivity contribution < 1.29 is 48.3 Å². The molecule has 0 aliphatic carbocycles. The molecule has 3 aliphatic heterocycles. The largest absolute Gasteiger partial charge is 0.480 e. The zero-order valence-corrected chi connectivity index (χ0v) is 17.4. The van der Waals surface area contributed by atoms with Gasteiger partial charge in [0.15, 0.2) is 23.4 Å². The lowest BCUT2D eigenvalue weighted by atomic mass is 9.78. The number of ketones is 1. The molecule has 31 heavy (non-hydrogen) atoms. The minimum Gasteiger partial charge on any atom is -0.480 e. The van der Waals surface area contributed by atoms with E-state index in [0.29, 0.717) is 0 Å². The Morgan fingerprint density at radius 2 is 1.94 bits per heavy atom. The van der Waals surface area contributed by atoms with Gasteiger partial charge in [0.1, 0.15) is 11.9 Å². The minimum atomic E-state index is -2.42. The molecule has 0 saturated carbocycles. The average molecular weight is 436 g/mol. The molecule has 3 aliphatic rings. The fourth-order valence-electron chi connectivity index (χ4n) is 4.03. The average Bonchev–Trinajstić information content (AvgIpc) is 3.14. The first-order valence-corrected chi connectivity index (χ1v) is 9.56. The molecule has 168 valence electrons. The summed E-state index contributed by atoms with van der Waals surface area (Å²) in [4.78, 5) is 49.3. The number of ether oxygens (including phenoxy) is 4. The Balaban J connectivity index is 2.21. The summed E-state index contributed by atoms with van der Waals surface area (Å²) in [5, 5.41) is 21.3. The molecule has 0 aromatic carbocycles. The SMILES string of the molecule is C=C(C)C(=O)O[C@@H]1C[C@@]2(C)OC(=CC2=O)[C@](O)(CO)[C@@H](OC(C)=O)[C@H]2OC(=O)C(=C)[C@@H]21. The van der Waals surface area contributed by atoms with E-state index < -0.39 is 65.7 Å². The van der Waals surface area contributed by atoms with Crippen molar-refractivity contribution >= 4 is 23.7 Å². The van der Waals surface area contributed by atoms with E-state index in [1.165, 1.54) is 13.8 Å². The van der Waals surface area contributed by atoms with Crippen LogP contribution < -0.4 is 0 Å². The Morgan fingerprint density at radius 3 is 2.48 bits per heavy atom. The van der Waals surface area contributed by atoms with Gasteiger partial charge in [0.2, 0.25) is 5.78 Å². The predicted molar refractivity (Wildman–Crippen MR) is 102 cm³/mol. The first kappa shape index (κ1) is 22.7. The van der Waals surface area contributed by atoms with Crippen LogP contribution >= 0.6 is 0 Å². The Hall–Kier alpha value is -2.98. The first-order chi connectivity index (χ1) is 14.3. The van der Waals surface area contributed by atoms with Crippen molar-refractivity contribution in [2.45, 2.75) is 56.7 Å². The molecule has 6 atom stereocenters. The summed E-state index contributed by atoms with van der Waals surface area (Å²) in [5.41, 5.74) is -4.05. The van der Waals surface area contributed by atoms with Gasteiger partial charge in [0.05, 0.1) is 12.5 Å². The molecule has 0 aromatic rings. The second kappa shape index (κ2) is 7.61. The first-order valence-electron chi connectivity index (χ1n) is 9.56. The summed E-state index contributed by atoms with van der Waals surface area (Å²) in [6.07, 6.45) is -3.50. The highest BCUT2D eigenvalue weighted by Gasteiger charge is 2.63. The van der Waals surface area contributed by atoms with Crippen molar-refractivity contribution in [3.63, 3.8) is 0 Å². The van der Waals surface area contributed by atoms with Gasteiger partial charge in [-0.15, -0.1) is 0 Å². The molecule has 2 bridgehead atoms. The zero-order valence-electron chi connectivity index (χ0n) is 17.4. The molecule has 3 rings (SSSR count). The molecule has 10 nitrogen and oxygen atoms in total. The van der Waals surface area contributed by atoms with Gasteiger partial charge in [-0.2, -0.15) is 0 Å². The molecule has 3 heterocycles. The number of carbonyl (C=O) groups excluding carboxylic acids is 4. The van der Waals surface area contributed by atoms with Crippen molar-refractivity contribution in [2.24, 2.45) is 5.92 Å². The van der Waals surface area contributed by atoms with Gasteiger partial charge < -0.3 is 29.2 Å². The molecule has 0 amide bonds. The standard InChI is InChI=1S/C21H24O10/c1-9(2)18(25)29-12-7-20(5)13(24)6-14(31-20)21(27,8-22)17(28-11(4)23)16-15(12)10(3)19(26)30-16/h6,12,15-17,22,27H,1,3,7-8H2,2,4-5H3/t12-,15-,16+,17+,20-,21-/m1/s1. The van der Waals surface area contributed by atoms with Crippen molar-refractivity contribution in [2.75, 3.05) is 6.61 Å². The third kappa shape index (κ3) is 3.66. The fraction of sp³-hybridized carbons (Fsp3) is 0.524. The maximum absolute atomic E-state index is 12.8. The smallest absolute Gasteiger partial charge is 0.334 e. The Labute approximate surface area is 178 Å². The highest BCUT2D eigenvalue weighted by atomic mass is 16.6. The van der Waals surface area contributed by atoms with E-state index in [1.54, 1.807) is 0 Å². The van der Waals surface area contributed by atoms with Crippen LogP contribution in [0.5, 0.6) is 0 Å². The molecule has 10 heteroatoms. The number of hydrogen-bond acceptors (Lipinski definition) is 10. The summed E-state index contributed by atoms with van der Waals surface area (Å²) in [6.45, 7) is 10.1. The lowest BCUT2D eigenvalue weighted by Crippen LogP contribution is -2.57. The third-order valence-electron chi connectivity index (χ3n) is 5.71. The van der Waals surface area contributed by atoms with Crippen LogP contribution in [0.25, 0.3) is 0 Å². The van der Waals surface area contributed by atoms with E-state index in [0.717, 1.165) is 13.0 Å². The quantitative estimate of drug-likeness (QED) is 0.347.